The quantitative estimate of drug-likeness (QED) is 0.376. The molecular weight excluding hydrogens is 228 g/mol. The monoisotopic (exact) mass is 254 g/mol. The van der Waals surface area contributed by atoms with Crippen LogP contribution in [0.2, 0.25) is 12.1 Å². The third-order valence-electron chi connectivity index (χ3n) is 4.14. The number of allylic oxidation sites excluding steroid dienone is 2. The van der Waals surface area contributed by atoms with Crippen LogP contribution in [0.4, 0.5) is 0 Å². The van der Waals surface area contributed by atoms with Crippen molar-refractivity contribution in [2.45, 2.75) is 45.1 Å². The normalized spacial score (nSPS) is 31.4. The minimum atomic E-state index is -0.0106. The van der Waals surface area contributed by atoms with Crippen LogP contribution < -0.4 is 0 Å². The molecule has 0 amide bonds. The lowest BCUT2D eigenvalue weighted by molar-refractivity contribution is -0.123. The highest BCUT2D eigenvalue weighted by Gasteiger charge is 2.34. The highest BCUT2D eigenvalue weighted by molar-refractivity contribution is 6.35. The second-order valence-electron chi connectivity index (χ2n) is 5.31. The molecule has 0 N–H and O–H groups in total. The Morgan fingerprint density at radius 3 is 2.47 bits per heavy atom. The minimum absolute atomic E-state index is 0.0106. The molecule has 0 saturated heterocycles. The Bertz CT molecular complexity index is 249. The van der Waals surface area contributed by atoms with Crippen molar-refractivity contribution >= 4 is 9.52 Å². The molecule has 0 aromatic heterocycles. The molecule has 2 aliphatic rings. The van der Waals surface area contributed by atoms with Gasteiger partial charge in [-0.3, -0.25) is 0 Å². The third-order valence-corrected chi connectivity index (χ3v) is 6.17. The number of hydrogen-bond donors (Lipinski definition) is 0. The van der Waals surface area contributed by atoms with Crippen molar-refractivity contribution in [3.8, 4) is 0 Å². The molecule has 0 radical (unpaired) electrons. The van der Waals surface area contributed by atoms with E-state index in [4.69, 9.17) is 9.47 Å². The summed E-state index contributed by atoms with van der Waals surface area (Å²) >= 11 is 0. The average Bonchev–Trinajstić information content (AvgIpc) is 2.91. The fraction of sp³-hybridized carbons (Fsp3) is 0.857. The van der Waals surface area contributed by atoms with E-state index in [1.807, 2.05) is 13.8 Å². The van der Waals surface area contributed by atoms with Gasteiger partial charge in [0.2, 0.25) is 0 Å². The molecule has 1 fully saturated rings. The van der Waals surface area contributed by atoms with Gasteiger partial charge in [0.15, 0.2) is 6.29 Å². The minimum Gasteiger partial charge on any atom is -0.353 e. The zero-order chi connectivity index (χ0) is 12.1. The van der Waals surface area contributed by atoms with Gasteiger partial charge in [0.05, 0.1) is 0 Å². The van der Waals surface area contributed by atoms with Crippen molar-refractivity contribution < 1.29 is 9.47 Å². The van der Waals surface area contributed by atoms with Crippen LogP contribution in [0.1, 0.15) is 26.7 Å². The van der Waals surface area contributed by atoms with Gasteiger partial charge in [0, 0.05) is 22.7 Å². The molecule has 17 heavy (non-hydrogen) atoms. The van der Waals surface area contributed by atoms with E-state index >= 15 is 0 Å². The summed E-state index contributed by atoms with van der Waals surface area (Å²) in [5.74, 6) is 2.85. The summed E-state index contributed by atoms with van der Waals surface area (Å²) in [6.45, 7) is 5.65. The summed E-state index contributed by atoms with van der Waals surface area (Å²) in [5, 5.41) is 0. The van der Waals surface area contributed by atoms with E-state index in [0.717, 1.165) is 31.0 Å². The van der Waals surface area contributed by atoms with Crippen LogP contribution in [0.3, 0.4) is 0 Å². The van der Waals surface area contributed by atoms with Crippen LogP contribution in [-0.4, -0.2) is 29.0 Å². The predicted octanol–water partition coefficient (Wildman–Crippen LogP) is 2.60. The maximum atomic E-state index is 5.61. The van der Waals surface area contributed by atoms with E-state index in [-0.39, 0.29) is 15.8 Å². The van der Waals surface area contributed by atoms with Gasteiger partial charge in [-0.1, -0.05) is 18.2 Å². The van der Waals surface area contributed by atoms with Crippen molar-refractivity contribution in [3.63, 3.8) is 0 Å². The van der Waals surface area contributed by atoms with Gasteiger partial charge >= 0.3 is 0 Å². The van der Waals surface area contributed by atoms with E-state index < -0.39 is 0 Å². The van der Waals surface area contributed by atoms with Crippen molar-refractivity contribution in [3.05, 3.63) is 12.2 Å². The number of ether oxygens (including phenoxy) is 2. The molecule has 2 rings (SSSR count). The molecule has 3 heteroatoms. The van der Waals surface area contributed by atoms with E-state index in [1.54, 1.807) is 0 Å². The zero-order valence-electron chi connectivity index (χ0n) is 11.2. The largest absolute Gasteiger partial charge is 0.353 e. The first-order valence-electron chi connectivity index (χ1n) is 7.25. The van der Waals surface area contributed by atoms with Gasteiger partial charge in [-0.2, -0.15) is 0 Å². The van der Waals surface area contributed by atoms with Crippen LogP contribution in [0.5, 0.6) is 0 Å². The molecule has 0 aromatic rings. The Balaban J connectivity index is 1.63. The molecule has 0 aromatic carbocycles. The van der Waals surface area contributed by atoms with Gasteiger partial charge in [-0.05, 0) is 50.5 Å². The van der Waals surface area contributed by atoms with Gasteiger partial charge in [0.1, 0.15) is 0 Å². The van der Waals surface area contributed by atoms with E-state index in [9.17, 15) is 0 Å². The second kappa shape index (κ2) is 6.71. The lowest BCUT2D eigenvalue weighted by Gasteiger charge is -2.20. The molecule has 0 heterocycles. The van der Waals surface area contributed by atoms with Gasteiger partial charge in [-0.15, -0.1) is 0 Å². The maximum Gasteiger partial charge on any atom is 0.154 e. The SMILES string of the molecule is CCOC(C[SiH2]CC1CC2C=CC1C2)OCC. The Labute approximate surface area is 108 Å². The van der Waals surface area contributed by atoms with Crippen LogP contribution in [0.25, 0.3) is 0 Å². The summed E-state index contributed by atoms with van der Waals surface area (Å²) in [6.07, 6.45) is 7.90. The molecule has 98 valence electrons. The standard InChI is InChI=1S/C14H26O2Si/c1-3-15-14(16-4-2)10-17-9-13-8-11-5-6-12(13)7-11/h5-6,11-14H,3-4,7-10,17H2,1-2H3. The Morgan fingerprint density at radius 1 is 1.18 bits per heavy atom. The smallest absolute Gasteiger partial charge is 0.154 e. The van der Waals surface area contributed by atoms with Crippen LogP contribution in [0, 0.1) is 17.8 Å². The molecule has 3 unspecified atom stereocenters. The lowest BCUT2D eigenvalue weighted by Crippen LogP contribution is -2.20. The van der Waals surface area contributed by atoms with Crippen LogP contribution in [-0.2, 0) is 9.47 Å². The second-order valence-corrected chi connectivity index (χ2v) is 7.17. The first-order chi connectivity index (χ1) is 8.33. The average molecular weight is 254 g/mol. The number of rotatable bonds is 8. The summed E-state index contributed by atoms with van der Waals surface area (Å²) in [5.41, 5.74) is 0. The molecule has 0 aliphatic heterocycles. The van der Waals surface area contributed by atoms with E-state index in [2.05, 4.69) is 12.2 Å². The molecular formula is C14H26O2Si. The van der Waals surface area contributed by atoms with Crippen LogP contribution in [0.15, 0.2) is 12.2 Å². The van der Waals surface area contributed by atoms with Gasteiger partial charge in [-0.25, -0.2) is 0 Å². The number of hydrogen-bond acceptors (Lipinski definition) is 2. The summed E-state index contributed by atoms with van der Waals surface area (Å²) in [6, 6.07) is 2.68. The van der Waals surface area contributed by atoms with Crippen molar-refractivity contribution in [1.29, 1.82) is 0 Å². The molecule has 2 bridgehead atoms. The molecule has 1 saturated carbocycles. The number of fused-ring (bicyclic) bond motifs is 2. The fourth-order valence-electron chi connectivity index (χ4n) is 3.36. The highest BCUT2D eigenvalue weighted by atomic mass is 28.2. The Hall–Kier alpha value is -0.123. The Kier molecular flexibility index (Phi) is 5.26. The predicted molar refractivity (Wildman–Crippen MR) is 74.0 cm³/mol. The highest BCUT2D eigenvalue weighted by Crippen LogP contribution is 2.45. The summed E-state index contributed by atoms with van der Waals surface area (Å²) < 4.78 is 11.2. The van der Waals surface area contributed by atoms with Crippen molar-refractivity contribution in [2.75, 3.05) is 13.2 Å². The summed E-state index contributed by atoms with van der Waals surface area (Å²) in [7, 11) is -0.0106. The first kappa shape index (κ1) is 13.3. The Morgan fingerprint density at radius 2 is 1.94 bits per heavy atom. The lowest BCUT2D eigenvalue weighted by atomic mass is 9.96. The molecule has 3 atom stereocenters. The van der Waals surface area contributed by atoms with Crippen molar-refractivity contribution in [2.24, 2.45) is 17.8 Å². The zero-order valence-corrected chi connectivity index (χ0v) is 12.6. The fourth-order valence-corrected chi connectivity index (χ4v) is 5.45. The maximum absolute atomic E-state index is 5.61. The molecule has 0 spiro atoms. The topological polar surface area (TPSA) is 18.5 Å². The van der Waals surface area contributed by atoms with Crippen LogP contribution >= 0.6 is 0 Å². The summed E-state index contributed by atoms with van der Waals surface area (Å²) in [4.78, 5) is 0. The third kappa shape index (κ3) is 3.67. The van der Waals surface area contributed by atoms with Gasteiger partial charge < -0.3 is 9.47 Å². The van der Waals surface area contributed by atoms with Crippen molar-refractivity contribution in [1.82, 2.24) is 0 Å². The van der Waals surface area contributed by atoms with Gasteiger partial charge in [0.25, 0.3) is 0 Å². The first-order valence-corrected chi connectivity index (χ1v) is 9.25. The molecule has 2 aliphatic carbocycles. The van der Waals surface area contributed by atoms with E-state index in [0.29, 0.717) is 0 Å². The molecule has 2 nitrogen and oxygen atoms in total. The van der Waals surface area contributed by atoms with E-state index in [1.165, 1.54) is 24.9 Å².